The highest BCUT2D eigenvalue weighted by atomic mass is 32.2. The summed E-state index contributed by atoms with van der Waals surface area (Å²) in [6.07, 6.45) is -3.07. The minimum Gasteiger partial charge on any atom is -0.324 e. The first-order valence-corrected chi connectivity index (χ1v) is 15.7. The number of para-hydroxylation sites is 1. The molecule has 0 saturated carbocycles. The third-order valence-electron chi connectivity index (χ3n) is 7.06. The van der Waals surface area contributed by atoms with Gasteiger partial charge in [0.1, 0.15) is 10.9 Å². The van der Waals surface area contributed by atoms with Crippen LogP contribution < -0.4 is 16.0 Å². The van der Waals surface area contributed by atoms with Crippen LogP contribution in [0.5, 0.6) is 0 Å². The van der Waals surface area contributed by atoms with Crippen LogP contribution in [0.3, 0.4) is 0 Å². The molecule has 0 fully saturated rings. The zero-order valence-corrected chi connectivity index (χ0v) is 26.4. The monoisotopic (exact) mass is 665 g/mol. The van der Waals surface area contributed by atoms with Gasteiger partial charge < -0.3 is 16.0 Å². The van der Waals surface area contributed by atoms with E-state index in [9.17, 15) is 27.6 Å². The molecule has 0 spiro atoms. The van der Waals surface area contributed by atoms with Crippen LogP contribution >= 0.6 is 11.8 Å². The van der Waals surface area contributed by atoms with Crippen LogP contribution in [0.4, 0.5) is 24.5 Å². The summed E-state index contributed by atoms with van der Waals surface area (Å²) < 4.78 is 41.0. The summed E-state index contributed by atoms with van der Waals surface area (Å²) in [6, 6.07) is 36.2. The summed E-state index contributed by atoms with van der Waals surface area (Å²) in [6.45, 7) is 1.92. The molecule has 3 amide bonds. The van der Waals surface area contributed by atoms with E-state index in [2.05, 4.69) is 16.0 Å². The number of carbonyl (C=O) groups is 3. The van der Waals surface area contributed by atoms with Gasteiger partial charge in [-0.15, -0.1) is 11.8 Å². The molecule has 5 aromatic carbocycles. The molecular weight excluding hydrogens is 635 g/mol. The summed E-state index contributed by atoms with van der Waals surface area (Å²) in [5, 5.41) is 7.06. The molecule has 6 nitrogen and oxygen atoms in total. The van der Waals surface area contributed by atoms with Gasteiger partial charge in [-0.1, -0.05) is 96.6 Å². The Morgan fingerprint density at radius 1 is 0.729 bits per heavy atom. The molecule has 48 heavy (non-hydrogen) atoms. The fourth-order valence-corrected chi connectivity index (χ4v) is 5.87. The topological polar surface area (TPSA) is 87.3 Å². The van der Waals surface area contributed by atoms with Crippen molar-refractivity contribution < 1.29 is 27.6 Å². The van der Waals surface area contributed by atoms with Gasteiger partial charge in [0.15, 0.2) is 0 Å². The normalized spacial score (nSPS) is 12.1. The quantitative estimate of drug-likeness (QED) is 0.103. The van der Waals surface area contributed by atoms with Gasteiger partial charge in [0.25, 0.3) is 11.8 Å². The summed E-state index contributed by atoms with van der Waals surface area (Å²) in [4.78, 5) is 40.7. The number of carbonyl (C=O) groups excluding carboxylic acids is 3. The van der Waals surface area contributed by atoms with Crippen molar-refractivity contribution in [3.05, 3.63) is 167 Å². The van der Waals surface area contributed by atoms with Crippen molar-refractivity contribution >= 4 is 46.9 Å². The van der Waals surface area contributed by atoms with E-state index in [1.807, 2.05) is 31.2 Å². The lowest BCUT2D eigenvalue weighted by Gasteiger charge is -2.19. The Balaban J connectivity index is 1.39. The van der Waals surface area contributed by atoms with Crippen molar-refractivity contribution in [2.24, 2.45) is 0 Å². The Morgan fingerprint density at radius 3 is 2.10 bits per heavy atom. The molecule has 0 aliphatic carbocycles. The van der Waals surface area contributed by atoms with Crippen LogP contribution in [0.25, 0.3) is 6.08 Å². The Bertz CT molecular complexity index is 1950. The third kappa shape index (κ3) is 9.01. The summed E-state index contributed by atoms with van der Waals surface area (Å²) >= 11 is 1.12. The Morgan fingerprint density at radius 2 is 1.40 bits per heavy atom. The van der Waals surface area contributed by atoms with Crippen molar-refractivity contribution in [1.82, 2.24) is 5.32 Å². The highest BCUT2D eigenvalue weighted by molar-refractivity contribution is 8.00. The molecule has 242 valence electrons. The molecule has 5 rings (SSSR count). The van der Waals surface area contributed by atoms with Gasteiger partial charge in [-0.3, -0.25) is 14.4 Å². The first-order valence-electron chi connectivity index (χ1n) is 14.8. The van der Waals surface area contributed by atoms with Crippen LogP contribution in [0.15, 0.2) is 144 Å². The second kappa shape index (κ2) is 15.3. The van der Waals surface area contributed by atoms with Gasteiger partial charge in [0.05, 0.1) is 11.3 Å². The number of hydrogen-bond donors (Lipinski definition) is 3. The number of nitrogens with one attached hydrogen (secondary N) is 3. The summed E-state index contributed by atoms with van der Waals surface area (Å²) in [7, 11) is 0. The van der Waals surface area contributed by atoms with Gasteiger partial charge in [0, 0.05) is 16.1 Å². The van der Waals surface area contributed by atoms with Crippen LogP contribution in [-0.2, 0) is 15.8 Å². The van der Waals surface area contributed by atoms with Crippen molar-refractivity contribution in [2.75, 3.05) is 10.6 Å². The molecule has 3 N–H and O–H groups in total. The number of amides is 3. The predicted octanol–water partition coefficient (Wildman–Crippen LogP) is 8.90. The highest BCUT2D eigenvalue weighted by Gasteiger charge is 2.34. The number of halogens is 3. The maximum Gasteiger partial charge on any atom is 0.418 e. The molecule has 0 aliphatic rings. The van der Waals surface area contributed by atoms with Crippen LogP contribution in [0, 0.1) is 6.92 Å². The molecule has 5 aromatic rings. The molecule has 1 atom stereocenters. The minimum absolute atomic E-state index is 0.0115. The fraction of sp³-hybridized carbons (Fsp3) is 0.0789. The van der Waals surface area contributed by atoms with Crippen LogP contribution in [0.1, 0.15) is 37.9 Å². The average Bonchev–Trinajstić information content (AvgIpc) is 3.07. The number of rotatable bonds is 10. The lowest BCUT2D eigenvalue weighted by atomic mass is 10.1. The largest absolute Gasteiger partial charge is 0.418 e. The smallest absolute Gasteiger partial charge is 0.324 e. The van der Waals surface area contributed by atoms with Gasteiger partial charge in [-0.25, -0.2) is 0 Å². The average molecular weight is 666 g/mol. The van der Waals surface area contributed by atoms with E-state index in [1.165, 1.54) is 18.2 Å². The molecule has 0 saturated heterocycles. The standard InChI is InChI=1S/C38H30F3N3O3S/c1-25-12-10-13-26(22-25)23-33(44-35(45)28-16-6-3-7-17-28)36(46)42-29-18-11-19-30(24-29)48-34(27-14-4-2-5-15-27)37(47)43-32-21-9-8-20-31(32)38(39,40)41/h2-24,34H,1H3,(H,42,46)(H,43,47)(H,44,45)/b33-23+. The summed E-state index contributed by atoms with van der Waals surface area (Å²) in [5.74, 6) is -1.69. The number of thioether (sulfide) groups is 1. The molecule has 0 aliphatic heterocycles. The number of hydrogen-bond acceptors (Lipinski definition) is 4. The molecule has 0 aromatic heterocycles. The van der Waals surface area contributed by atoms with Crippen molar-refractivity contribution in [3.8, 4) is 0 Å². The Hall–Kier alpha value is -5.61. The van der Waals surface area contributed by atoms with Gasteiger partial charge in [-0.2, -0.15) is 13.2 Å². The predicted molar refractivity (Wildman–Crippen MR) is 183 cm³/mol. The summed E-state index contributed by atoms with van der Waals surface area (Å²) in [5.41, 5.74) is 1.73. The van der Waals surface area contributed by atoms with E-state index < -0.39 is 34.7 Å². The highest BCUT2D eigenvalue weighted by Crippen LogP contribution is 2.39. The molecule has 10 heteroatoms. The van der Waals surface area contributed by atoms with Crippen LogP contribution in [0.2, 0.25) is 0 Å². The molecule has 0 bridgehead atoms. The van der Waals surface area contributed by atoms with Gasteiger partial charge >= 0.3 is 6.18 Å². The van der Waals surface area contributed by atoms with E-state index >= 15 is 0 Å². The number of alkyl halides is 3. The molecule has 1 unspecified atom stereocenters. The lowest BCUT2D eigenvalue weighted by Crippen LogP contribution is -2.30. The van der Waals surface area contributed by atoms with Crippen molar-refractivity contribution in [1.29, 1.82) is 0 Å². The third-order valence-corrected chi connectivity index (χ3v) is 8.31. The maximum atomic E-state index is 13.7. The second-order valence-electron chi connectivity index (χ2n) is 10.7. The number of aryl methyl sites for hydroxylation is 1. The first kappa shape index (κ1) is 33.7. The van der Waals surface area contributed by atoms with Crippen LogP contribution in [-0.4, -0.2) is 17.7 Å². The zero-order valence-electron chi connectivity index (χ0n) is 25.6. The first-order chi connectivity index (χ1) is 23.1. The van der Waals surface area contributed by atoms with E-state index in [1.54, 1.807) is 91.0 Å². The van der Waals surface area contributed by atoms with E-state index in [0.717, 1.165) is 23.4 Å². The van der Waals surface area contributed by atoms with E-state index in [4.69, 9.17) is 0 Å². The van der Waals surface area contributed by atoms with Gasteiger partial charge in [-0.05, 0) is 66.6 Å². The lowest BCUT2D eigenvalue weighted by molar-refractivity contribution is -0.137. The van der Waals surface area contributed by atoms with E-state index in [-0.39, 0.29) is 11.4 Å². The Kier molecular flexibility index (Phi) is 10.8. The second-order valence-corrected chi connectivity index (χ2v) is 11.9. The zero-order chi connectivity index (χ0) is 34.1. The van der Waals surface area contributed by atoms with E-state index in [0.29, 0.717) is 27.3 Å². The minimum atomic E-state index is -4.65. The SMILES string of the molecule is Cc1cccc(/C=C(/NC(=O)c2ccccc2)C(=O)Nc2cccc(SC(C(=O)Nc3ccccc3C(F)(F)F)c3ccccc3)c2)c1. The number of benzene rings is 5. The van der Waals surface area contributed by atoms with Crippen molar-refractivity contribution in [2.45, 2.75) is 23.2 Å². The van der Waals surface area contributed by atoms with Crippen molar-refractivity contribution in [3.63, 3.8) is 0 Å². The molecule has 0 radical (unpaired) electrons. The Labute approximate surface area is 280 Å². The van der Waals surface area contributed by atoms with Gasteiger partial charge in [0.2, 0.25) is 5.91 Å². The molecule has 0 heterocycles. The maximum absolute atomic E-state index is 13.7. The molecular formula is C38H30F3N3O3S. The fourth-order valence-electron chi connectivity index (χ4n) is 4.79. The number of anilines is 2.